The Labute approximate surface area is 90.0 Å². The summed E-state index contributed by atoms with van der Waals surface area (Å²) in [5, 5.41) is 11.1. The van der Waals surface area contributed by atoms with Gasteiger partial charge in [-0.05, 0) is 19.3 Å². The van der Waals surface area contributed by atoms with Gasteiger partial charge in [0.1, 0.15) is 0 Å². The van der Waals surface area contributed by atoms with Crippen LogP contribution in [0.15, 0.2) is 0 Å². The standard InChI is InChI=1S/C10H20N2O3/c1-8(13)12-7-3-2-4-9(11)5-6-10(14)15/h9H,2-7,11H2,1H3,(H,12,13)(H,14,15)/t9-/m0/s1. The van der Waals surface area contributed by atoms with Gasteiger partial charge in [-0.1, -0.05) is 6.42 Å². The lowest BCUT2D eigenvalue weighted by Gasteiger charge is -2.09. The van der Waals surface area contributed by atoms with E-state index in [0.29, 0.717) is 13.0 Å². The summed E-state index contributed by atoms with van der Waals surface area (Å²) in [4.78, 5) is 20.8. The Balaban J connectivity index is 3.27. The number of unbranched alkanes of at least 4 members (excludes halogenated alkanes) is 1. The van der Waals surface area contributed by atoms with Crippen LogP contribution in [-0.2, 0) is 9.59 Å². The van der Waals surface area contributed by atoms with Gasteiger partial charge >= 0.3 is 5.97 Å². The Kier molecular flexibility index (Phi) is 7.62. The number of aliphatic carboxylic acids is 1. The first kappa shape index (κ1) is 13.9. The normalized spacial score (nSPS) is 12.1. The SMILES string of the molecule is CC(=O)NCCCC[C@H](N)CCC(=O)O. The highest BCUT2D eigenvalue weighted by atomic mass is 16.4. The number of carbonyl (C=O) groups is 2. The van der Waals surface area contributed by atoms with Crippen molar-refractivity contribution in [3.05, 3.63) is 0 Å². The van der Waals surface area contributed by atoms with Crippen LogP contribution in [-0.4, -0.2) is 29.6 Å². The van der Waals surface area contributed by atoms with E-state index in [-0.39, 0.29) is 18.4 Å². The van der Waals surface area contributed by atoms with Gasteiger partial charge < -0.3 is 16.2 Å². The van der Waals surface area contributed by atoms with Crippen LogP contribution in [0.25, 0.3) is 0 Å². The average molecular weight is 216 g/mol. The van der Waals surface area contributed by atoms with E-state index < -0.39 is 5.97 Å². The van der Waals surface area contributed by atoms with Crippen molar-refractivity contribution in [3.8, 4) is 0 Å². The summed E-state index contributed by atoms with van der Waals surface area (Å²) in [5.41, 5.74) is 5.71. The van der Waals surface area contributed by atoms with E-state index in [9.17, 15) is 9.59 Å². The van der Waals surface area contributed by atoms with Gasteiger partial charge in [0.2, 0.25) is 5.91 Å². The van der Waals surface area contributed by atoms with Crippen molar-refractivity contribution in [2.45, 2.75) is 45.1 Å². The number of amides is 1. The first-order chi connectivity index (χ1) is 7.02. The molecule has 1 amide bonds. The molecule has 0 bridgehead atoms. The third-order valence-electron chi connectivity index (χ3n) is 2.10. The lowest BCUT2D eigenvalue weighted by Crippen LogP contribution is -2.23. The largest absolute Gasteiger partial charge is 0.481 e. The Morgan fingerprint density at radius 1 is 1.33 bits per heavy atom. The fourth-order valence-corrected chi connectivity index (χ4v) is 1.25. The van der Waals surface area contributed by atoms with Crippen molar-refractivity contribution in [2.24, 2.45) is 5.73 Å². The molecule has 88 valence electrons. The first-order valence-corrected chi connectivity index (χ1v) is 5.24. The predicted molar refractivity (Wildman–Crippen MR) is 57.4 cm³/mol. The van der Waals surface area contributed by atoms with Crippen LogP contribution < -0.4 is 11.1 Å². The van der Waals surface area contributed by atoms with Crippen LogP contribution in [0.5, 0.6) is 0 Å². The maximum atomic E-state index is 10.5. The molecule has 0 aromatic carbocycles. The zero-order chi connectivity index (χ0) is 11.7. The topological polar surface area (TPSA) is 92.4 Å². The second-order valence-corrected chi connectivity index (χ2v) is 3.67. The molecule has 4 N–H and O–H groups in total. The molecule has 5 nitrogen and oxygen atoms in total. The molecule has 15 heavy (non-hydrogen) atoms. The summed E-state index contributed by atoms with van der Waals surface area (Å²) in [6.07, 6.45) is 3.27. The average Bonchev–Trinajstić information content (AvgIpc) is 2.13. The Morgan fingerprint density at radius 2 is 2.00 bits per heavy atom. The first-order valence-electron chi connectivity index (χ1n) is 5.24. The molecule has 0 radical (unpaired) electrons. The summed E-state index contributed by atoms with van der Waals surface area (Å²) >= 11 is 0. The maximum Gasteiger partial charge on any atom is 0.303 e. The lowest BCUT2D eigenvalue weighted by molar-refractivity contribution is -0.137. The quantitative estimate of drug-likeness (QED) is 0.515. The molecule has 0 aromatic heterocycles. The second kappa shape index (κ2) is 8.23. The Hall–Kier alpha value is -1.10. The van der Waals surface area contributed by atoms with Crippen molar-refractivity contribution < 1.29 is 14.7 Å². The van der Waals surface area contributed by atoms with Crippen LogP contribution in [0.2, 0.25) is 0 Å². The summed E-state index contributed by atoms with van der Waals surface area (Å²) < 4.78 is 0. The molecule has 0 aliphatic carbocycles. The van der Waals surface area contributed by atoms with E-state index in [1.807, 2.05) is 0 Å². The van der Waals surface area contributed by atoms with Crippen molar-refractivity contribution >= 4 is 11.9 Å². The van der Waals surface area contributed by atoms with Crippen molar-refractivity contribution in [2.75, 3.05) is 6.54 Å². The molecule has 0 fully saturated rings. The molecule has 0 saturated heterocycles. The van der Waals surface area contributed by atoms with E-state index in [1.165, 1.54) is 6.92 Å². The number of rotatable bonds is 8. The van der Waals surface area contributed by atoms with E-state index in [0.717, 1.165) is 19.3 Å². The molecular weight excluding hydrogens is 196 g/mol. The van der Waals surface area contributed by atoms with Crippen LogP contribution in [0, 0.1) is 0 Å². The highest BCUT2D eigenvalue weighted by Crippen LogP contribution is 2.04. The molecule has 0 aliphatic heterocycles. The van der Waals surface area contributed by atoms with Gasteiger partial charge in [0.25, 0.3) is 0 Å². The van der Waals surface area contributed by atoms with Gasteiger partial charge in [-0.25, -0.2) is 0 Å². The number of nitrogens with two attached hydrogens (primary N) is 1. The summed E-state index contributed by atoms with van der Waals surface area (Å²) in [5.74, 6) is -0.825. The van der Waals surface area contributed by atoms with Crippen LogP contribution in [0.3, 0.4) is 0 Å². The molecule has 0 aliphatic rings. The van der Waals surface area contributed by atoms with E-state index in [4.69, 9.17) is 10.8 Å². The highest BCUT2D eigenvalue weighted by Gasteiger charge is 2.05. The fourth-order valence-electron chi connectivity index (χ4n) is 1.25. The van der Waals surface area contributed by atoms with E-state index in [2.05, 4.69) is 5.32 Å². The summed E-state index contributed by atoms with van der Waals surface area (Å²) in [7, 11) is 0. The third-order valence-corrected chi connectivity index (χ3v) is 2.10. The van der Waals surface area contributed by atoms with E-state index in [1.54, 1.807) is 0 Å². The monoisotopic (exact) mass is 216 g/mol. The lowest BCUT2D eigenvalue weighted by atomic mass is 10.1. The van der Waals surface area contributed by atoms with Gasteiger partial charge in [-0.3, -0.25) is 9.59 Å². The van der Waals surface area contributed by atoms with Gasteiger partial charge in [0.15, 0.2) is 0 Å². The molecule has 0 rings (SSSR count). The number of carboxylic acids is 1. The van der Waals surface area contributed by atoms with Crippen molar-refractivity contribution in [3.63, 3.8) is 0 Å². The Bertz CT molecular complexity index is 207. The highest BCUT2D eigenvalue weighted by molar-refractivity contribution is 5.72. The molecule has 0 aromatic rings. The number of nitrogens with one attached hydrogen (secondary N) is 1. The minimum Gasteiger partial charge on any atom is -0.481 e. The van der Waals surface area contributed by atoms with Gasteiger partial charge in [-0.2, -0.15) is 0 Å². The smallest absolute Gasteiger partial charge is 0.303 e. The molecular formula is C10H20N2O3. The van der Waals surface area contributed by atoms with Crippen LogP contribution in [0.4, 0.5) is 0 Å². The fraction of sp³-hybridized carbons (Fsp3) is 0.800. The van der Waals surface area contributed by atoms with Crippen molar-refractivity contribution in [1.82, 2.24) is 5.32 Å². The van der Waals surface area contributed by atoms with Gasteiger partial charge in [0.05, 0.1) is 0 Å². The molecule has 0 saturated carbocycles. The minimum absolute atomic E-state index is 0.0230. The van der Waals surface area contributed by atoms with E-state index >= 15 is 0 Å². The number of carboxylic acid groups (broad SMARTS) is 1. The number of hydrogen-bond acceptors (Lipinski definition) is 3. The van der Waals surface area contributed by atoms with Gasteiger partial charge in [0, 0.05) is 25.9 Å². The number of hydrogen-bond donors (Lipinski definition) is 3. The molecule has 1 atom stereocenters. The zero-order valence-corrected chi connectivity index (χ0v) is 9.16. The second-order valence-electron chi connectivity index (χ2n) is 3.67. The van der Waals surface area contributed by atoms with Crippen molar-refractivity contribution in [1.29, 1.82) is 0 Å². The van der Waals surface area contributed by atoms with Crippen LogP contribution in [0.1, 0.15) is 39.0 Å². The molecule has 0 unspecified atom stereocenters. The molecule has 0 heterocycles. The third kappa shape index (κ3) is 10.8. The van der Waals surface area contributed by atoms with Crippen LogP contribution >= 0.6 is 0 Å². The molecule has 5 heteroatoms. The Morgan fingerprint density at radius 3 is 2.53 bits per heavy atom. The van der Waals surface area contributed by atoms with Gasteiger partial charge in [-0.15, -0.1) is 0 Å². The zero-order valence-electron chi connectivity index (χ0n) is 9.16. The summed E-state index contributed by atoms with van der Waals surface area (Å²) in [6, 6.07) is -0.0431. The maximum absolute atomic E-state index is 10.5. The molecule has 0 spiro atoms. The summed E-state index contributed by atoms with van der Waals surface area (Å²) in [6.45, 7) is 2.15. The predicted octanol–water partition coefficient (Wildman–Crippen LogP) is 0.485. The number of carbonyl (C=O) groups excluding carboxylic acids is 1. The minimum atomic E-state index is -0.802.